The number of nitrogens with zero attached hydrogens (tertiary/aromatic N) is 3. The van der Waals surface area contributed by atoms with Gasteiger partial charge in [-0.1, -0.05) is 34.8 Å². The van der Waals surface area contributed by atoms with Crippen LogP contribution in [0, 0.1) is 0 Å². The van der Waals surface area contributed by atoms with Gasteiger partial charge >= 0.3 is 0 Å². The second kappa shape index (κ2) is 5.09. The van der Waals surface area contributed by atoms with Crippen LogP contribution in [-0.2, 0) is 0 Å². The number of nitrogens with one attached hydrogen (secondary N) is 1. The molecular formula is C11H5Cl3N4S. The lowest BCUT2D eigenvalue weighted by atomic mass is 10.2. The molecule has 0 aliphatic carbocycles. The topological polar surface area (TPSA) is 50.7 Å². The van der Waals surface area contributed by atoms with Crippen molar-refractivity contribution in [3.05, 3.63) is 39.5 Å². The second-order valence-electron chi connectivity index (χ2n) is 3.66. The van der Waals surface area contributed by atoms with E-state index in [0.717, 1.165) is 11.7 Å². The van der Waals surface area contributed by atoms with Gasteiger partial charge in [0.15, 0.2) is 0 Å². The summed E-state index contributed by atoms with van der Waals surface area (Å²) < 4.78 is 8.33. The van der Waals surface area contributed by atoms with Crippen molar-refractivity contribution in [1.82, 2.24) is 13.7 Å². The van der Waals surface area contributed by atoms with Crippen molar-refractivity contribution in [2.45, 2.75) is 0 Å². The molecule has 2 aromatic heterocycles. The van der Waals surface area contributed by atoms with Crippen LogP contribution in [-0.4, -0.2) is 13.7 Å². The Morgan fingerprint density at radius 3 is 2.53 bits per heavy atom. The van der Waals surface area contributed by atoms with Gasteiger partial charge in [-0.3, -0.25) is 0 Å². The Morgan fingerprint density at radius 2 is 1.79 bits per heavy atom. The second-order valence-corrected chi connectivity index (χ2v) is 5.44. The molecule has 1 aromatic carbocycles. The molecule has 0 amide bonds. The van der Waals surface area contributed by atoms with E-state index in [9.17, 15) is 0 Å². The molecule has 0 aliphatic rings. The minimum absolute atomic E-state index is 0.460. The summed E-state index contributed by atoms with van der Waals surface area (Å²) in [7, 11) is 0. The molecule has 0 unspecified atom stereocenters. The molecule has 2 heterocycles. The fraction of sp³-hybridized carbons (Fsp3) is 0. The number of rotatable bonds is 2. The first-order valence-corrected chi connectivity index (χ1v) is 7.00. The number of anilines is 2. The lowest BCUT2D eigenvalue weighted by Gasteiger charge is -2.08. The molecule has 3 aromatic rings. The highest BCUT2D eigenvalue weighted by molar-refractivity contribution is 7.00. The van der Waals surface area contributed by atoms with Crippen LogP contribution >= 0.6 is 46.5 Å². The Balaban J connectivity index is 2.09. The first kappa shape index (κ1) is 12.9. The predicted octanol–water partition coefficient (Wildman–Crippen LogP) is 4.79. The van der Waals surface area contributed by atoms with Crippen LogP contribution < -0.4 is 5.32 Å². The summed E-state index contributed by atoms with van der Waals surface area (Å²) in [6, 6.07) is 5.11. The minimum atomic E-state index is 0.460. The van der Waals surface area contributed by atoms with Crippen LogP contribution in [0.3, 0.4) is 0 Å². The van der Waals surface area contributed by atoms with E-state index in [2.05, 4.69) is 19.0 Å². The van der Waals surface area contributed by atoms with Crippen LogP contribution in [0.4, 0.5) is 11.5 Å². The molecule has 0 aliphatic heterocycles. The van der Waals surface area contributed by atoms with E-state index in [0.29, 0.717) is 37.6 Å². The molecule has 0 saturated carbocycles. The smallest absolute Gasteiger partial charge is 0.131 e. The average molecular weight is 332 g/mol. The molecule has 96 valence electrons. The van der Waals surface area contributed by atoms with Gasteiger partial charge in [-0.25, -0.2) is 4.98 Å². The molecule has 19 heavy (non-hydrogen) atoms. The van der Waals surface area contributed by atoms with Crippen LogP contribution in [0.5, 0.6) is 0 Å². The third kappa shape index (κ3) is 2.47. The highest BCUT2D eigenvalue weighted by Gasteiger charge is 2.14. The summed E-state index contributed by atoms with van der Waals surface area (Å²) in [5, 5.41) is 4.60. The quantitative estimate of drug-likeness (QED) is 0.733. The Bertz CT molecular complexity index is 742. The maximum absolute atomic E-state index is 6.18. The maximum Gasteiger partial charge on any atom is 0.131 e. The standard InChI is InChI=1S/C11H5Cl3N4S/c12-5-1-2-8(15-4-5)16-9-6(13)3-7(14)10-11(9)18-19-17-10/h1-4H,(H,15,16). The summed E-state index contributed by atoms with van der Waals surface area (Å²) in [5.41, 5.74) is 1.87. The average Bonchev–Trinajstić information content (AvgIpc) is 2.86. The molecule has 0 spiro atoms. The highest BCUT2D eigenvalue weighted by Crippen LogP contribution is 2.36. The van der Waals surface area contributed by atoms with E-state index in [4.69, 9.17) is 34.8 Å². The lowest BCUT2D eigenvalue weighted by molar-refractivity contribution is 1.31. The molecule has 0 radical (unpaired) electrons. The van der Waals surface area contributed by atoms with E-state index >= 15 is 0 Å². The Hall–Kier alpha value is -1.14. The van der Waals surface area contributed by atoms with E-state index in [1.807, 2.05) is 0 Å². The maximum atomic E-state index is 6.18. The Labute approximate surface area is 127 Å². The fourth-order valence-electron chi connectivity index (χ4n) is 1.57. The van der Waals surface area contributed by atoms with Crippen LogP contribution in [0.1, 0.15) is 0 Å². The summed E-state index contributed by atoms with van der Waals surface area (Å²) in [4.78, 5) is 4.15. The summed E-state index contributed by atoms with van der Waals surface area (Å²) in [6.45, 7) is 0. The van der Waals surface area contributed by atoms with Gasteiger partial charge in [0.25, 0.3) is 0 Å². The highest BCUT2D eigenvalue weighted by atomic mass is 35.5. The van der Waals surface area contributed by atoms with Crippen LogP contribution in [0.25, 0.3) is 11.0 Å². The van der Waals surface area contributed by atoms with Crippen molar-refractivity contribution in [3.63, 3.8) is 0 Å². The zero-order chi connectivity index (χ0) is 13.4. The number of hydrogen-bond donors (Lipinski definition) is 1. The number of fused-ring (bicyclic) bond motifs is 1. The molecule has 1 N–H and O–H groups in total. The van der Waals surface area contributed by atoms with Crippen molar-refractivity contribution < 1.29 is 0 Å². The van der Waals surface area contributed by atoms with Gasteiger partial charge in [0, 0.05) is 6.20 Å². The molecule has 0 atom stereocenters. The van der Waals surface area contributed by atoms with Gasteiger partial charge < -0.3 is 5.32 Å². The SMILES string of the molecule is Clc1ccc(Nc2c(Cl)cc(Cl)c3nsnc23)nc1. The first-order valence-electron chi connectivity index (χ1n) is 5.14. The van der Waals surface area contributed by atoms with Crippen molar-refractivity contribution in [2.75, 3.05) is 5.32 Å². The normalized spacial score (nSPS) is 10.9. The van der Waals surface area contributed by atoms with Crippen molar-refractivity contribution in [1.29, 1.82) is 0 Å². The number of halogens is 3. The van der Waals surface area contributed by atoms with Gasteiger partial charge in [0.1, 0.15) is 16.9 Å². The van der Waals surface area contributed by atoms with E-state index < -0.39 is 0 Å². The molecule has 8 heteroatoms. The monoisotopic (exact) mass is 330 g/mol. The first-order chi connectivity index (χ1) is 9.15. The van der Waals surface area contributed by atoms with Gasteiger partial charge in [-0.2, -0.15) is 8.75 Å². The van der Waals surface area contributed by atoms with Crippen molar-refractivity contribution in [2.24, 2.45) is 0 Å². The Morgan fingerprint density at radius 1 is 1.00 bits per heavy atom. The van der Waals surface area contributed by atoms with E-state index in [1.165, 1.54) is 0 Å². The summed E-state index contributed by atoms with van der Waals surface area (Å²) in [5.74, 6) is 0.614. The lowest BCUT2D eigenvalue weighted by Crippen LogP contribution is -1.95. The van der Waals surface area contributed by atoms with Gasteiger partial charge in [0.2, 0.25) is 0 Å². The summed E-state index contributed by atoms with van der Waals surface area (Å²) >= 11 is 19.1. The molecule has 0 fully saturated rings. The van der Waals surface area contributed by atoms with Crippen LogP contribution in [0.15, 0.2) is 24.4 Å². The number of pyridine rings is 1. The molecule has 3 rings (SSSR count). The van der Waals surface area contributed by atoms with Crippen molar-refractivity contribution in [3.8, 4) is 0 Å². The van der Waals surface area contributed by atoms with Gasteiger partial charge in [0.05, 0.1) is 32.5 Å². The van der Waals surface area contributed by atoms with Crippen molar-refractivity contribution >= 4 is 69.1 Å². The zero-order valence-electron chi connectivity index (χ0n) is 9.19. The number of aromatic nitrogens is 3. The molecule has 4 nitrogen and oxygen atoms in total. The van der Waals surface area contributed by atoms with Gasteiger partial charge in [-0.05, 0) is 18.2 Å². The molecule has 0 bridgehead atoms. The predicted molar refractivity (Wildman–Crippen MR) is 80.0 cm³/mol. The largest absolute Gasteiger partial charge is 0.337 e. The van der Waals surface area contributed by atoms with E-state index in [-0.39, 0.29) is 0 Å². The number of hydrogen-bond acceptors (Lipinski definition) is 5. The number of benzene rings is 1. The zero-order valence-corrected chi connectivity index (χ0v) is 12.3. The Kier molecular flexibility index (Phi) is 3.45. The van der Waals surface area contributed by atoms with E-state index in [1.54, 1.807) is 24.4 Å². The minimum Gasteiger partial charge on any atom is -0.337 e. The molecule has 0 saturated heterocycles. The van der Waals surface area contributed by atoms with Gasteiger partial charge in [-0.15, -0.1) is 0 Å². The fourth-order valence-corrected chi connectivity index (χ4v) is 2.84. The summed E-state index contributed by atoms with van der Waals surface area (Å²) in [6.07, 6.45) is 1.55. The third-order valence-electron chi connectivity index (χ3n) is 2.42. The van der Waals surface area contributed by atoms with Crippen LogP contribution in [0.2, 0.25) is 15.1 Å². The molecular weight excluding hydrogens is 327 g/mol. The third-order valence-corrected chi connectivity index (χ3v) is 3.76.